The Morgan fingerprint density at radius 2 is 1.85 bits per heavy atom. The van der Waals surface area contributed by atoms with E-state index in [1.807, 2.05) is 24.3 Å². The zero-order valence-corrected chi connectivity index (χ0v) is 11.0. The normalized spacial score (nSPS) is 10.4. The van der Waals surface area contributed by atoms with Gasteiger partial charge in [-0.05, 0) is 35.7 Å². The maximum atomic E-state index is 12.6. The fourth-order valence-corrected chi connectivity index (χ4v) is 2.21. The first-order valence-electron chi connectivity index (χ1n) is 6.31. The largest absolute Gasteiger partial charge is 0.497 e. The van der Waals surface area contributed by atoms with Crippen LogP contribution in [0.3, 0.4) is 0 Å². The van der Waals surface area contributed by atoms with E-state index in [1.165, 1.54) is 0 Å². The Morgan fingerprint density at radius 3 is 2.60 bits per heavy atom. The summed E-state index contributed by atoms with van der Waals surface area (Å²) in [5, 5.41) is 1.88. The van der Waals surface area contributed by atoms with E-state index in [0.717, 1.165) is 16.5 Å². The number of ketones is 1. The second-order valence-electron chi connectivity index (χ2n) is 4.46. The number of carbonyl (C=O) groups excluding carboxylic acids is 1. The molecule has 3 rings (SSSR count). The van der Waals surface area contributed by atoms with Gasteiger partial charge in [-0.1, -0.05) is 18.2 Å². The van der Waals surface area contributed by atoms with Crippen LogP contribution >= 0.6 is 0 Å². The van der Waals surface area contributed by atoms with Gasteiger partial charge in [0.25, 0.3) is 0 Å². The second-order valence-corrected chi connectivity index (χ2v) is 4.46. The van der Waals surface area contributed by atoms with E-state index in [0.29, 0.717) is 11.1 Å². The van der Waals surface area contributed by atoms with Crippen molar-refractivity contribution in [2.75, 3.05) is 7.11 Å². The SMILES string of the molecule is COc1ccc(C(=O)c2cccc3ccncc23)cc1. The van der Waals surface area contributed by atoms with E-state index in [4.69, 9.17) is 4.74 Å². The summed E-state index contributed by atoms with van der Waals surface area (Å²) in [5.41, 5.74) is 1.31. The van der Waals surface area contributed by atoms with Crippen molar-refractivity contribution in [1.82, 2.24) is 4.98 Å². The van der Waals surface area contributed by atoms with Crippen LogP contribution in [-0.2, 0) is 0 Å². The molecule has 0 bridgehead atoms. The van der Waals surface area contributed by atoms with Gasteiger partial charge in [-0.2, -0.15) is 0 Å². The van der Waals surface area contributed by atoms with Gasteiger partial charge < -0.3 is 4.74 Å². The van der Waals surface area contributed by atoms with Gasteiger partial charge in [0.15, 0.2) is 5.78 Å². The van der Waals surface area contributed by atoms with Crippen molar-refractivity contribution in [2.24, 2.45) is 0 Å². The number of carbonyl (C=O) groups is 1. The van der Waals surface area contributed by atoms with Gasteiger partial charge in [-0.25, -0.2) is 0 Å². The maximum absolute atomic E-state index is 12.6. The first-order chi connectivity index (χ1) is 9.79. The molecule has 0 aliphatic carbocycles. The van der Waals surface area contributed by atoms with Crippen molar-refractivity contribution in [3.8, 4) is 5.75 Å². The predicted molar refractivity (Wildman–Crippen MR) is 78.2 cm³/mol. The molecule has 1 heterocycles. The standard InChI is InChI=1S/C17H13NO2/c1-20-14-7-5-13(6-8-14)17(19)15-4-2-3-12-9-10-18-11-16(12)15/h2-11H,1H3. The number of nitrogens with zero attached hydrogens (tertiary/aromatic N) is 1. The molecule has 0 amide bonds. The topological polar surface area (TPSA) is 39.2 Å². The maximum Gasteiger partial charge on any atom is 0.193 e. The highest BCUT2D eigenvalue weighted by Crippen LogP contribution is 2.21. The molecule has 0 N–H and O–H groups in total. The minimum absolute atomic E-state index is 0.00810. The molecule has 0 saturated heterocycles. The molecule has 0 fully saturated rings. The van der Waals surface area contributed by atoms with Gasteiger partial charge in [0.05, 0.1) is 7.11 Å². The average Bonchev–Trinajstić information content (AvgIpc) is 2.54. The van der Waals surface area contributed by atoms with Crippen LogP contribution in [0.2, 0.25) is 0 Å². The summed E-state index contributed by atoms with van der Waals surface area (Å²) in [4.78, 5) is 16.7. The van der Waals surface area contributed by atoms with E-state index in [2.05, 4.69) is 4.98 Å². The van der Waals surface area contributed by atoms with Crippen molar-refractivity contribution in [2.45, 2.75) is 0 Å². The van der Waals surface area contributed by atoms with Crippen LogP contribution in [0.4, 0.5) is 0 Å². The average molecular weight is 263 g/mol. The van der Waals surface area contributed by atoms with Gasteiger partial charge in [0.1, 0.15) is 5.75 Å². The van der Waals surface area contributed by atoms with Crippen LogP contribution in [0.1, 0.15) is 15.9 Å². The Kier molecular flexibility index (Phi) is 3.17. The van der Waals surface area contributed by atoms with E-state index >= 15 is 0 Å². The summed E-state index contributed by atoms with van der Waals surface area (Å²) in [6.45, 7) is 0. The predicted octanol–water partition coefficient (Wildman–Crippen LogP) is 3.47. The summed E-state index contributed by atoms with van der Waals surface area (Å²) < 4.78 is 5.10. The molecule has 3 aromatic rings. The lowest BCUT2D eigenvalue weighted by atomic mass is 9.98. The Hall–Kier alpha value is -2.68. The van der Waals surface area contributed by atoms with Crippen LogP contribution in [0.5, 0.6) is 5.75 Å². The zero-order chi connectivity index (χ0) is 13.9. The van der Waals surface area contributed by atoms with Crippen molar-refractivity contribution in [1.29, 1.82) is 0 Å². The molecule has 0 radical (unpaired) electrons. The highest BCUT2D eigenvalue weighted by atomic mass is 16.5. The van der Waals surface area contributed by atoms with Crippen LogP contribution in [0, 0.1) is 0 Å². The smallest absolute Gasteiger partial charge is 0.193 e. The first-order valence-corrected chi connectivity index (χ1v) is 6.31. The number of methoxy groups -OCH3 is 1. The van der Waals surface area contributed by atoms with Gasteiger partial charge in [-0.3, -0.25) is 9.78 Å². The highest BCUT2D eigenvalue weighted by Gasteiger charge is 2.12. The Balaban J connectivity index is 2.07. The molecule has 0 aliphatic rings. The Labute approximate surface area is 116 Å². The minimum Gasteiger partial charge on any atom is -0.497 e. The minimum atomic E-state index is -0.00810. The van der Waals surface area contributed by atoms with Crippen molar-refractivity contribution >= 4 is 16.6 Å². The molecule has 20 heavy (non-hydrogen) atoms. The number of aromatic nitrogens is 1. The molecule has 98 valence electrons. The summed E-state index contributed by atoms with van der Waals surface area (Å²) in [5.74, 6) is 0.729. The van der Waals surface area contributed by atoms with Crippen LogP contribution in [0.25, 0.3) is 10.8 Å². The molecule has 1 aromatic heterocycles. The second kappa shape index (κ2) is 5.13. The van der Waals surface area contributed by atoms with Crippen molar-refractivity contribution in [3.63, 3.8) is 0 Å². The molecular formula is C17H13NO2. The van der Waals surface area contributed by atoms with Gasteiger partial charge in [0.2, 0.25) is 0 Å². The molecule has 0 atom stereocenters. The first kappa shape index (κ1) is 12.4. The number of hydrogen-bond donors (Lipinski definition) is 0. The lowest BCUT2D eigenvalue weighted by molar-refractivity contribution is 0.104. The van der Waals surface area contributed by atoms with Gasteiger partial charge >= 0.3 is 0 Å². The lowest BCUT2D eigenvalue weighted by Gasteiger charge is -2.06. The lowest BCUT2D eigenvalue weighted by Crippen LogP contribution is -2.02. The fourth-order valence-electron chi connectivity index (χ4n) is 2.21. The van der Waals surface area contributed by atoms with Crippen molar-refractivity contribution < 1.29 is 9.53 Å². The third-order valence-electron chi connectivity index (χ3n) is 3.28. The fraction of sp³-hybridized carbons (Fsp3) is 0.0588. The molecule has 3 heteroatoms. The molecule has 2 aromatic carbocycles. The van der Waals surface area contributed by atoms with Gasteiger partial charge in [-0.15, -0.1) is 0 Å². The van der Waals surface area contributed by atoms with Crippen LogP contribution in [0.15, 0.2) is 60.9 Å². The van der Waals surface area contributed by atoms with Crippen LogP contribution < -0.4 is 4.74 Å². The molecule has 0 aliphatic heterocycles. The summed E-state index contributed by atoms with van der Waals surface area (Å²) in [7, 11) is 1.60. The summed E-state index contributed by atoms with van der Waals surface area (Å²) in [6, 6.07) is 14.7. The number of ether oxygens (including phenoxy) is 1. The number of benzene rings is 2. The third-order valence-corrected chi connectivity index (χ3v) is 3.28. The zero-order valence-electron chi connectivity index (χ0n) is 11.0. The molecule has 0 unspecified atom stereocenters. The number of hydrogen-bond acceptors (Lipinski definition) is 3. The highest BCUT2D eigenvalue weighted by molar-refractivity contribution is 6.16. The van der Waals surface area contributed by atoms with Gasteiger partial charge in [0, 0.05) is 28.9 Å². The number of pyridine rings is 1. The van der Waals surface area contributed by atoms with E-state index < -0.39 is 0 Å². The van der Waals surface area contributed by atoms with E-state index in [-0.39, 0.29) is 5.78 Å². The monoisotopic (exact) mass is 263 g/mol. The quantitative estimate of drug-likeness (QED) is 0.679. The molecule has 0 saturated carbocycles. The molecular weight excluding hydrogens is 250 g/mol. The Bertz CT molecular complexity index is 758. The van der Waals surface area contributed by atoms with Crippen LogP contribution in [-0.4, -0.2) is 17.9 Å². The number of rotatable bonds is 3. The van der Waals surface area contributed by atoms with E-state index in [9.17, 15) is 4.79 Å². The van der Waals surface area contributed by atoms with E-state index in [1.54, 1.807) is 43.8 Å². The molecule has 3 nitrogen and oxygen atoms in total. The third kappa shape index (κ3) is 2.14. The summed E-state index contributed by atoms with van der Waals surface area (Å²) in [6.07, 6.45) is 3.45. The van der Waals surface area contributed by atoms with Crippen molar-refractivity contribution in [3.05, 3.63) is 72.1 Å². The molecule has 0 spiro atoms. The summed E-state index contributed by atoms with van der Waals surface area (Å²) >= 11 is 0. The Morgan fingerprint density at radius 1 is 1.05 bits per heavy atom. The number of fused-ring (bicyclic) bond motifs is 1.